The van der Waals surface area contributed by atoms with Gasteiger partial charge in [-0.2, -0.15) is 0 Å². The maximum absolute atomic E-state index is 12.7. The average Bonchev–Trinajstić information content (AvgIpc) is 2.49. The van der Waals surface area contributed by atoms with Crippen LogP contribution in [0.1, 0.15) is 37.7 Å². The van der Waals surface area contributed by atoms with Crippen LogP contribution in [-0.4, -0.2) is 42.5 Å². The van der Waals surface area contributed by atoms with Gasteiger partial charge in [0.05, 0.1) is 12.1 Å². The van der Waals surface area contributed by atoms with E-state index in [-0.39, 0.29) is 11.6 Å². The second-order valence-electron chi connectivity index (χ2n) is 6.19. The summed E-state index contributed by atoms with van der Waals surface area (Å²) in [4.78, 5) is 16.9. The van der Waals surface area contributed by atoms with Crippen molar-refractivity contribution < 1.29 is 4.79 Å². The summed E-state index contributed by atoms with van der Waals surface area (Å²) in [5.41, 5.74) is 0.963. The van der Waals surface area contributed by atoms with Crippen molar-refractivity contribution in [3.63, 3.8) is 0 Å². The summed E-state index contributed by atoms with van der Waals surface area (Å²) in [6, 6.07) is 8.01. The first-order chi connectivity index (χ1) is 9.95. The summed E-state index contributed by atoms with van der Waals surface area (Å²) in [6.45, 7) is 0. The summed E-state index contributed by atoms with van der Waals surface area (Å²) >= 11 is 3.43. The Hall–Kier alpha value is -0.870. The number of hydrogen-bond donors (Lipinski definition) is 0. The van der Waals surface area contributed by atoms with Crippen LogP contribution < -0.4 is 0 Å². The third kappa shape index (κ3) is 3.67. The summed E-state index contributed by atoms with van der Waals surface area (Å²) in [7, 11) is 6.15. The van der Waals surface area contributed by atoms with E-state index in [1.54, 1.807) is 0 Å². The molecular weight excluding hydrogens is 328 g/mol. The zero-order chi connectivity index (χ0) is 15.5. The summed E-state index contributed by atoms with van der Waals surface area (Å²) in [6.07, 6.45) is 6.30. The van der Waals surface area contributed by atoms with Crippen LogP contribution in [0, 0.1) is 0 Å². The minimum atomic E-state index is -0.106. The molecule has 1 aromatic carbocycles. The first kappa shape index (κ1) is 16.5. The molecule has 4 heteroatoms. The largest absolute Gasteiger partial charge is 0.327 e. The van der Waals surface area contributed by atoms with E-state index in [1.165, 1.54) is 19.3 Å². The molecule has 1 aliphatic rings. The second-order valence-corrected chi connectivity index (χ2v) is 7.11. The van der Waals surface area contributed by atoms with E-state index >= 15 is 0 Å². The Kier molecular flexibility index (Phi) is 5.44. The molecule has 0 aliphatic heterocycles. The lowest BCUT2D eigenvalue weighted by molar-refractivity contribution is -0.145. The molecule has 0 atom stereocenters. The lowest BCUT2D eigenvalue weighted by atomic mass is 9.86. The highest BCUT2D eigenvalue weighted by atomic mass is 79.9. The normalized spacial score (nSPS) is 17.8. The van der Waals surface area contributed by atoms with Crippen LogP contribution in [0.5, 0.6) is 0 Å². The van der Waals surface area contributed by atoms with E-state index in [1.807, 2.05) is 36.2 Å². The molecule has 0 heterocycles. The molecule has 2 rings (SSSR count). The molecule has 21 heavy (non-hydrogen) atoms. The van der Waals surface area contributed by atoms with Crippen LogP contribution in [0.3, 0.4) is 0 Å². The minimum absolute atomic E-state index is 0.106. The highest BCUT2D eigenvalue weighted by Crippen LogP contribution is 2.34. The molecule has 0 unspecified atom stereocenters. The SMILES string of the molecule is CN(C)C1(N(C)C(=O)Cc2ccc(Br)cc2)CCCCC1. The van der Waals surface area contributed by atoms with Gasteiger partial charge in [-0.25, -0.2) is 0 Å². The minimum Gasteiger partial charge on any atom is -0.327 e. The Morgan fingerprint density at radius 2 is 1.67 bits per heavy atom. The Balaban J connectivity index is 2.11. The number of amides is 1. The van der Waals surface area contributed by atoms with Crippen molar-refractivity contribution in [1.82, 2.24) is 9.80 Å². The fourth-order valence-electron chi connectivity index (χ4n) is 3.33. The highest BCUT2D eigenvalue weighted by molar-refractivity contribution is 9.10. The van der Waals surface area contributed by atoms with Crippen molar-refractivity contribution in [2.45, 2.75) is 44.2 Å². The van der Waals surface area contributed by atoms with Crippen molar-refractivity contribution in [2.24, 2.45) is 0 Å². The van der Waals surface area contributed by atoms with Gasteiger partial charge in [-0.3, -0.25) is 9.69 Å². The van der Waals surface area contributed by atoms with Gasteiger partial charge in [-0.05, 0) is 57.5 Å². The van der Waals surface area contributed by atoms with E-state index in [0.29, 0.717) is 6.42 Å². The predicted molar refractivity (Wildman–Crippen MR) is 90.1 cm³/mol. The first-order valence-corrected chi connectivity index (χ1v) is 8.43. The smallest absolute Gasteiger partial charge is 0.228 e. The quantitative estimate of drug-likeness (QED) is 0.771. The monoisotopic (exact) mass is 352 g/mol. The van der Waals surface area contributed by atoms with E-state index < -0.39 is 0 Å². The summed E-state index contributed by atoms with van der Waals surface area (Å²) in [5, 5.41) is 0. The van der Waals surface area contributed by atoms with Gasteiger partial charge in [0.25, 0.3) is 0 Å². The van der Waals surface area contributed by atoms with Crippen molar-refractivity contribution >= 4 is 21.8 Å². The van der Waals surface area contributed by atoms with Gasteiger partial charge < -0.3 is 4.90 Å². The molecule has 0 saturated heterocycles. The molecule has 0 radical (unpaired) electrons. The van der Waals surface area contributed by atoms with Crippen LogP contribution in [0.25, 0.3) is 0 Å². The van der Waals surface area contributed by atoms with Crippen LogP contribution >= 0.6 is 15.9 Å². The maximum Gasteiger partial charge on any atom is 0.228 e. The Bertz CT molecular complexity index is 478. The van der Waals surface area contributed by atoms with Gasteiger partial charge in [0.15, 0.2) is 0 Å². The highest BCUT2D eigenvalue weighted by Gasteiger charge is 2.40. The molecule has 1 amide bonds. The van der Waals surface area contributed by atoms with Gasteiger partial charge in [0.1, 0.15) is 0 Å². The van der Waals surface area contributed by atoms with Gasteiger partial charge in [-0.1, -0.05) is 34.5 Å². The number of nitrogens with zero attached hydrogens (tertiary/aromatic N) is 2. The van der Waals surface area contributed by atoms with Gasteiger partial charge in [0.2, 0.25) is 5.91 Å². The Morgan fingerprint density at radius 1 is 1.10 bits per heavy atom. The number of likely N-dealkylation sites (N-methyl/N-ethyl adjacent to an activating group) is 1. The van der Waals surface area contributed by atoms with E-state index in [4.69, 9.17) is 0 Å². The standard InChI is InChI=1S/C17H25BrN2O/c1-19(2)17(11-5-4-6-12-17)20(3)16(21)13-14-7-9-15(18)10-8-14/h7-10H,4-6,11-13H2,1-3H3. The number of halogens is 1. The molecule has 1 fully saturated rings. The number of benzene rings is 1. The molecule has 0 aromatic heterocycles. The van der Waals surface area contributed by atoms with Crippen LogP contribution in [0.4, 0.5) is 0 Å². The van der Waals surface area contributed by atoms with E-state index in [0.717, 1.165) is 22.9 Å². The van der Waals surface area contributed by atoms with Gasteiger partial charge >= 0.3 is 0 Å². The number of hydrogen-bond acceptors (Lipinski definition) is 2. The van der Waals surface area contributed by atoms with Gasteiger partial charge in [0, 0.05) is 11.5 Å². The fraction of sp³-hybridized carbons (Fsp3) is 0.588. The molecule has 0 spiro atoms. The summed E-state index contributed by atoms with van der Waals surface area (Å²) < 4.78 is 1.05. The molecule has 1 saturated carbocycles. The van der Waals surface area contributed by atoms with Crippen LogP contribution in [0.2, 0.25) is 0 Å². The zero-order valence-corrected chi connectivity index (χ0v) is 14.8. The summed E-state index contributed by atoms with van der Waals surface area (Å²) in [5.74, 6) is 0.202. The third-order valence-corrected chi connectivity index (χ3v) is 5.28. The second kappa shape index (κ2) is 6.93. The molecule has 1 aromatic rings. The lowest BCUT2D eigenvalue weighted by Crippen LogP contribution is -2.59. The number of carbonyl (C=O) groups is 1. The molecule has 0 N–H and O–H groups in total. The topological polar surface area (TPSA) is 23.6 Å². The number of rotatable bonds is 4. The van der Waals surface area contributed by atoms with Crippen LogP contribution in [-0.2, 0) is 11.2 Å². The van der Waals surface area contributed by atoms with Crippen molar-refractivity contribution in [2.75, 3.05) is 21.1 Å². The fourth-order valence-corrected chi connectivity index (χ4v) is 3.59. The van der Waals surface area contributed by atoms with Gasteiger partial charge in [-0.15, -0.1) is 0 Å². The Morgan fingerprint density at radius 3 is 2.19 bits per heavy atom. The predicted octanol–water partition coefficient (Wildman–Crippen LogP) is 3.67. The molecule has 116 valence electrons. The van der Waals surface area contributed by atoms with E-state index in [9.17, 15) is 4.79 Å². The lowest BCUT2D eigenvalue weighted by Gasteiger charge is -2.49. The first-order valence-electron chi connectivity index (χ1n) is 7.64. The van der Waals surface area contributed by atoms with E-state index in [2.05, 4.69) is 34.9 Å². The average molecular weight is 353 g/mol. The zero-order valence-electron chi connectivity index (χ0n) is 13.2. The van der Waals surface area contributed by atoms with Crippen molar-refractivity contribution in [1.29, 1.82) is 0 Å². The molecule has 0 bridgehead atoms. The third-order valence-electron chi connectivity index (χ3n) is 4.75. The molecule has 3 nitrogen and oxygen atoms in total. The maximum atomic E-state index is 12.7. The Labute approximate surface area is 136 Å². The van der Waals surface area contributed by atoms with Crippen LogP contribution in [0.15, 0.2) is 28.7 Å². The number of carbonyl (C=O) groups excluding carboxylic acids is 1. The molecular formula is C17H25BrN2O. The molecule has 1 aliphatic carbocycles. The van der Waals surface area contributed by atoms with Crippen molar-refractivity contribution in [3.8, 4) is 0 Å². The van der Waals surface area contributed by atoms with Crippen molar-refractivity contribution in [3.05, 3.63) is 34.3 Å².